The molecule has 0 aliphatic rings. The molecule has 1 aromatic rings. The summed E-state index contributed by atoms with van der Waals surface area (Å²) in [5.74, 6) is 5.66. The lowest BCUT2D eigenvalue weighted by Gasteiger charge is -1.78. The molecule has 0 unspecified atom stereocenters. The molecule has 0 aromatic carbocycles. The number of aldehydes is 1. The van der Waals surface area contributed by atoms with Gasteiger partial charge in [0.2, 0.25) is 0 Å². The molecule has 1 heterocycles. The number of H-pyrrole nitrogens is 1. The standard InChI is InChI=1S/C9H8N4O/c10-13-12-4-2-1-3-8-5-9(7-14)11-6-8/h5-7,11H,2,4H2. The van der Waals surface area contributed by atoms with Crippen LogP contribution in [-0.4, -0.2) is 17.8 Å². The van der Waals surface area contributed by atoms with E-state index < -0.39 is 0 Å². The molecule has 1 rings (SSSR count). The first-order chi connectivity index (χ1) is 6.86. The van der Waals surface area contributed by atoms with Gasteiger partial charge in [-0.15, -0.1) is 0 Å². The molecule has 1 N–H and O–H groups in total. The van der Waals surface area contributed by atoms with Crippen LogP contribution in [0.3, 0.4) is 0 Å². The van der Waals surface area contributed by atoms with E-state index in [2.05, 4.69) is 26.9 Å². The predicted molar refractivity (Wildman–Crippen MR) is 51.7 cm³/mol. The normalized spacial score (nSPS) is 8.29. The molecular formula is C9H8N4O. The van der Waals surface area contributed by atoms with Gasteiger partial charge in [0.15, 0.2) is 6.29 Å². The van der Waals surface area contributed by atoms with Gasteiger partial charge in [-0.1, -0.05) is 17.0 Å². The molecule has 0 aliphatic heterocycles. The van der Waals surface area contributed by atoms with Crippen LogP contribution in [-0.2, 0) is 0 Å². The van der Waals surface area contributed by atoms with Gasteiger partial charge in [0.1, 0.15) is 0 Å². The van der Waals surface area contributed by atoms with Crippen LogP contribution < -0.4 is 0 Å². The van der Waals surface area contributed by atoms with Crippen molar-refractivity contribution in [2.75, 3.05) is 6.54 Å². The van der Waals surface area contributed by atoms with E-state index in [-0.39, 0.29) is 0 Å². The van der Waals surface area contributed by atoms with Crippen LogP contribution in [0.5, 0.6) is 0 Å². The van der Waals surface area contributed by atoms with Crippen molar-refractivity contribution in [3.63, 3.8) is 0 Å². The highest BCUT2D eigenvalue weighted by Crippen LogP contribution is 1.98. The van der Waals surface area contributed by atoms with E-state index in [4.69, 9.17) is 5.53 Å². The van der Waals surface area contributed by atoms with Gasteiger partial charge in [-0.2, -0.15) is 0 Å². The number of aromatic amines is 1. The summed E-state index contributed by atoms with van der Waals surface area (Å²) < 4.78 is 0. The summed E-state index contributed by atoms with van der Waals surface area (Å²) in [4.78, 5) is 15.7. The quantitative estimate of drug-likeness (QED) is 0.193. The van der Waals surface area contributed by atoms with E-state index >= 15 is 0 Å². The van der Waals surface area contributed by atoms with Crippen molar-refractivity contribution in [1.29, 1.82) is 0 Å². The van der Waals surface area contributed by atoms with Gasteiger partial charge in [-0.05, 0) is 11.6 Å². The molecular weight excluding hydrogens is 180 g/mol. The minimum absolute atomic E-state index is 0.370. The Labute approximate surface area is 80.8 Å². The van der Waals surface area contributed by atoms with Crippen LogP contribution in [0.2, 0.25) is 0 Å². The Morgan fingerprint density at radius 1 is 1.71 bits per heavy atom. The highest BCUT2D eigenvalue weighted by atomic mass is 16.1. The SMILES string of the molecule is [N-]=[N+]=NCCC#Cc1c[nH]c(C=O)c1. The Morgan fingerprint density at radius 3 is 3.21 bits per heavy atom. The Bertz CT molecular complexity index is 418. The molecule has 14 heavy (non-hydrogen) atoms. The van der Waals surface area contributed by atoms with Crippen LogP contribution in [0.25, 0.3) is 10.4 Å². The van der Waals surface area contributed by atoms with Crippen LogP contribution >= 0.6 is 0 Å². The third kappa shape index (κ3) is 3.05. The first-order valence-electron chi connectivity index (χ1n) is 4.00. The van der Waals surface area contributed by atoms with Crippen molar-refractivity contribution in [1.82, 2.24) is 4.98 Å². The van der Waals surface area contributed by atoms with Crippen LogP contribution in [0.4, 0.5) is 0 Å². The summed E-state index contributed by atoms with van der Waals surface area (Å²) in [7, 11) is 0. The number of hydrogen-bond acceptors (Lipinski definition) is 2. The predicted octanol–water partition coefficient (Wildman–Crippen LogP) is 1.88. The van der Waals surface area contributed by atoms with Crippen molar-refractivity contribution in [3.8, 4) is 11.8 Å². The van der Waals surface area contributed by atoms with Gasteiger partial charge >= 0.3 is 0 Å². The van der Waals surface area contributed by atoms with Gasteiger partial charge in [0.25, 0.3) is 0 Å². The largest absolute Gasteiger partial charge is 0.358 e. The number of hydrogen-bond donors (Lipinski definition) is 1. The van der Waals surface area contributed by atoms with Crippen LogP contribution in [0.1, 0.15) is 22.5 Å². The lowest BCUT2D eigenvalue weighted by Crippen LogP contribution is -1.74. The zero-order valence-corrected chi connectivity index (χ0v) is 7.40. The average Bonchev–Trinajstić information content (AvgIpc) is 2.65. The minimum Gasteiger partial charge on any atom is -0.358 e. The van der Waals surface area contributed by atoms with Crippen LogP contribution in [0, 0.1) is 11.8 Å². The number of nitrogens with zero attached hydrogens (tertiary/aromatic N) is 3. The molecule has 0 saturated carbocycles. The van der Waals surface area contributed by atoms with E-state index in [9.17, 15) is 4.79 Å². The fraction of sp³-hybridized carbons (Fsp3) is 0.222. The summed E-state index contributed by atoms with van der Waals surface area (Å²) in [5.41, 5.74) is 9.25. The smallest absolute Gasteiger partial charge is 0.166 e. The topological polar surface area (TPSA) is 81.6 Å². The number of carbonyl (C=O) groups excluding carboxylic acids is 1. The van der Waals surface area contributed by atoms with E-state index in [1.165, 1.54) is 0 Å². The van der Waals surface area contributed by atoms with E-state index in [0.29, 0.717) is 18.7 Å². The molecule has 0 radical (unpaired) electrons. The zero-order chi connectivity index (χ0) is 10.2. The summed E-state index contributed by atoms with van der Waals surface area (Å²) >= 11 is 0. The maximum Gasteiger partial charge on any atom is 0.166 e. The molecule has 1 aromatic heterocycles. The molecule has 0 aliphatic carbocycles. The fourth-order valence-electron chi connectivity index (χ4n) is 0.867. The molecule has 0 bridgehead atoms. The fourth-order valence-corrected chi connectivity index (χ4v) is 0.867. The van der Waals surface area contributed by atoms with E-state index in [0.717, 1.165) is 11.8 Å². The van der Waals surface area contributed by atoms with Crippen molar-refractivity contribution in [2.24, 2.45) is 5.11 Å². The lowest BCUT2D eigenvalue weighted by molar-refractivity contribution is 0.111. The number of nitrogens with one attached hydrogen (secondary N) is 1. The summed E-state index contributed by atoms with van der Waals surface area (Å²) in [5, 5.41) is 3.34. The average molecular weight is 188 g/mol. The Balaban J connectivity index is 2.50. The van der Waals surface area contributed by atoms with Crippen molar-refractivity contribution in [2.45, 2.75) is 6.42 Å². The summed E-state index contributed by atoms with van der Waals surface area (Å²) in [6.07, 6.45) is 2.90. The summed E-state index contributed by atoms with van der Waals surface area (Å²) in [6.45, 7) is 0.370. The highest BCUT2D eigenvalue weighted by molar-refractivity contribution is 5.72. The van der Waals surface area contributed by atoms with Gasteiger partial charge in [-0.25, -0.2) is 0 Å². The minimum atomic E-state index is 0.370. The van der Waals surface area contributed by atoms with Gasteiger partial charge in [-0.3, -0.25) is 4.79 Å². The first kappa shape index (κ1) is 9.90. The second-order valence-corrected chi connectivity index (χ2v) is 2.47. The second-order valence-electron chi connectivity index (χ2n) is 2.47. The number of carbonyl (C=O) groups is 1. The van der Waals surface area contributed by atoms with Crippen molar-refractivity contribution >= 4 is 6.29 Å². The van der Waals surface area contributed by atoms with Gasteiger partial charge in [0, 0.05) is 29.6 Å². The van der Waals surface area contributed by atoms with E-state index in [1.807, 2.05) is 0 Å². The maximum atomic E-state index is 10.3. The molecule has 0 saturated heterocycles. The molecule has 0 amide bonds. The van der Waals surface area contributed by atoms with Gasteiger partial charge < -0.3 is 4.98 Å². The molecule has 70 valence electrons. The van der Waals surface area contributed by atoms with Crippen LogP contribution in [0.15, 0.2) is 17.4 Å². The van der Waals surface area contributed by atoms with E-state index in [1.54, 1.807) is 12.3 Å². The molecule has 5 heteroatoms. The number of rotatable bonds is 3. The van der Waals surface area contributed by atoms with Crippen molar-refractivity contribution < 1.29 is 4.79 Å². The number of azide groups is 1. The third-order valence-electron chi connectivity index (χ3n) is 1.47. The zero-order valence-electron chi connectivity index (χ0n) is 7.40. The Morgan fingerprint density at radius 2 is 2.57 bits per heavy atom. The van der Waals surface area contributed by atoms with Crippen molar-refractivity contribution in [3.05, 3.63) is 34.0 Å². The molecule has 5 nitrogen and oxygen atoms in total. The Kier molecular flexibility index (Phi) is 3.86. The Hall–Kier alpha value is -2.18. The van der Waals surface area contributed by atoms with Gasteiger partial charge in [0.05, 0.1) is 5.69 Å². The second kappa shape index (κ2) is 5.46. The summed E-state index contributed by atoms with van der Waals surface area (Å²) in [6, 6.07) is 1.66. The third-order valence-corrected chi connectivity index (χ3v) is 1.47. The molecule has 0 spiro atoms. The highest BCUT2D eigenvalue weighted by Gasteiger charge is 1.92. The monoisotopic (exact) mass is 188 g/mol. The first-order valence-corrected chi connectivity index (χ1v) is 4.00. The lowest BCUT2D eigenvalue weighted by atomic mass is 10.3. The number of aromatic nitrogens is 1. The molecule has 0 fully saturated rings. The molecule has 0 atom stereocenters. The maximum absolute atomic E-state index is 10.3.